The molecule has 1 aliphatic rings. The van der Waals surface area contributed by atoms with E-state index in [4.69, 9.17) is 9.47 Å². The van der Waals surface area contributed by atoms with Gasteiger partial charge >= 0.3 is 0 Å². The minimum atomic E-state index is -3.34. The maximum Gasteiger partial charge on any atom is 0.262 e. The maximum absolute atomic E-state index is 13.5. The number of amides is 1. The van der Waals surface area contributed by atoms with Crippen LogP contribution in [0.5, 0.6) is 11.5 Å². The predicted molar refractivity (Wildman–Crippen MR) is 109 cm³/mol. The van der Waals surface area contributed by atoms with Crippen molar-refractivity contribution >= 4 is 21.4 Å². The van der Waals surface area contributed by atoms with Crippen LogP contribution in [0, 0.1) is 13.8 Å². The van der Waals surface area contributed by atoms with Gasteiger partial charge in [-0.05, 0) is 55.3 Å². The highest BCUT2D eigenvalue weighted by atomic mass is 32.2. The lowest BCUT2D eigenvalue weighted by atomic mass is 10.1. The van der Waals surface area contributed by atoms with Crippen molar-refractivity contribution < 1.29 is 22.7 Å². The first-order valence-electron chi connectivity index (χ1n) is 8.79. The molecule has 1 aliphatic heterocycles. The quantitative estimate of drug-likeness (QED) is 0.769. The maximum atomic E-state index is 13.5. The molecule has 0 aliphatic carbocycles. The van der Waals surface area contributed by atoms with Crippen LogP contribution in [-0.2, 0) is 9.84 Å². The first kappa shape index (κ1) is 19.9. The summed E-state index contributed by atoms with van der Waals surface area (Å²) in [7, 11) is -0.324. The molecule has 148 valence electrons. The van der Waals surface area contributed by atoms with E-state index in [1.807, 2.05) is 32.0 Å². The van der Waals surface area contributed by atoms with Gasteiger partial charge in [0.25, 0.3) is 5.91 Å². The van der Waals surface area contributed by atoms with Crippen LogP contribution in [0.3, 0.4) is 0 Å². The first-order chi connectivity index (χ1) is 13.2. The lowest BCUT2D eigenvalue weighted by Gasteiger charge is -2.29. The van der Waals surface area contributed by atoms with Gasteiger partial charge in [0.05, 0.1) is 31.6 Å². The molecule has 2 aromatic rings. The fourth-order valence-corrected chi connectivity index (χ4v) is 4.64. The van der Waals surface area contributed by atoms with E-state index in [1.54, 1.807) is 24.3 Å². The van der Waals surface area contributed by atoms with Crippen molar-refractivity contribution in [2.24, 2.45) is 0 Å². The minimum absolute atomic E-state index is 0.149. The highest BCUT2D eigenvalue weighted by Gasteiger charge is 2.33. The van der Waals surface area contributed by atoms with E-state index in [1.165, 1.54) is 24.5 Å². The highest BCUT2D eigenvalue weighted by Crippen LogP contribution is 2.31. The molecule has 2 aromatic carbocycles. The number of aryl methyl sites for hydroxylation is 2. The van der Waals surface area contributed by atoms with Crippen molar-refractivity contribution in [2.75, 3.05) is 24.9 Å². The molecule has 0 unspecified atom stereocenters. The van der Waals surface area contributed by atoms with Gasteiger partial charge in [0.2, 0.25) is 0 Å². The Bertz CT molecular complexity index is 1020. The molecule has 28 heavy (non-hydrogen) atoms. The van der Waals surface area contributed by atoms with Crippen molar-refractivity contribution in [1.82, 2.24) is 0 Å². The monoisotopic (exact) mass is 401 g/mol. The van der Waals surface area contributed by atoms with Crippen LogP contribution in [0.4, 0.5) is 5.69 Å². The van der Waals surface area contributed by atoms with Crippen molar-refractivity contribution in [1.29, 1.82) is 0 Å². The van der Waals surface area contributed by atoms with E-state index < -0.39 is 15.9 Å². The van der Waals surface area contributed by atoms with Crippen molar-refractivity contribution in [3.63, 3.8) is 0 Å². The Morgan fingerprint density at radius 1 is 1.04 bits per heavy atom. The molecule has 7 heteroatoms. The van der Waals surface area contributed by atoms with Gasteiger partial charge in [-0.1, -0.05) is 6.07 Å². The number of anilines is 1. The van der Waals surface area contributed by atoms with Gasteiger partial charge in [0.1, 0.15) is 11.5 Å². The molecule has 0 radical (unpaired) electrons. The molecule has 0 N–H and O–H groups in total. The second-order valence-corrected chi connectivity index (χ2v) is 8.74. The van der Waals surface area contributed by atoms with Crippen LogP contribution >= 0.6 is 0 Å². The molecular formula is C21H23NO5S. The third-order valence-corrected chi connectivity index (χ3v) is 5.96. The smallest absolute Gasteiger partial charge is 0.262 e. The summed E-state index contributed by atoms with van der Waals surface area (Å²) in [6.45, 7) is 3.88. The molecule has 0 aromatic heterocycles. The number of sulfone groups is 1. The summed E-state index contributed by atoms with van der Waals surface area (Å²) in [6, 6.07) is 10.1. The number of ether oxygens (including phenoxy) is 2. The summed E-state index contributed by atoms with van der Waals surface area (Å²) in [5.74, 6) is 0.444. The molecule has 0 saturated heterocycles. The number of rotatable bonds is 5. The zero-order chi connectivity index (χ0) is 20.5. The fourth-order valence-electron chi connectivity index (χ4n) is 3.37. The van der Waals surface area contributed by atoms with Gasteiger partial charge < -0.3 is 14.4 Å². The summed E-state index contributed by atoms with van der Waals surface area (Å²) in [5.41, 5.74) is 2.95. The zero-order valence-electron chi connectivity index (χ0n) is 16.3. The van der Waals surface area contributed by atoms with Crippen LogP contribution in [0.2, 0.25) is 0 Å². The summed E-state index contributed by atoms with van der Waals surface area (Å²) in [6.07, 6.45) is 1.56. The second kappa shape index (κ2) is 7.67. The van der Waals surface area contributed by atoms with Gasteiger partial charge in [-0.15, -0.1) is 0 Å². The standard InChI is InChI=1S/C21H23NO5S/c1-14-9-15(2)11-17(10-14)22(16-7-8-28(24,25)13-16)21(23)19-6-5-18(26-3)12-20(19)27-4/h5-12,16H,13H2,1-4H3/t16-/m0/s1. The van der Waals surface area contributed by atoms with E-state index in [0.717, 1.165) is 11.1 Å². The minimum Gasteiger partial charge on any atom is -0.497 e. The topological polar surface area (TPSA) is 72.9 Å². The molecule has 0 spiro atoms. The first-order valence-corrected chi connectivity index (χ1v) is 10.5. The lowest BCUT2D eigenvalue weighted by molar-refractivity contribution is 0.0980. The zero-order valence-corrected chi connectivity index (χ0v) is 17.1. The van der Waals surface area contributed by atoms with E-state index in [2.05, 4.69) is 0 Å². The third-order valence-electron chi connectivity index (χ3n) is 4.59. The summed E-state index contributed by atoms with van der Waals surface area (Å²) >= 11 is 0. The van der Waals surface area contributed by atoms with Crippen molar-refractivity contribution in [3.8, 4) is 11.5 Å². The number of hydrogen-bond acceptors (Lipinski definition) is 5. The number of methoxy groups -OCH3 is 2. The van der Waals surface area contributed by atoms with Crippen LogP contribution in [0.1, 0.15) is 21.5 Å². The Labute approximate surface area is 165 Å². The molecular weight excluding hydrogens is 378 g/mol. The van der Waals surface area contributed by atoms with Crippen LogP contribution < -0.4 is 14.4 Å². The molecule has 6 nitrogen and oxygen atoms in total. The third kappa shape index (κ3) is 4.04. The van der Waals surface area contributed by atoms with Gasteiger partial charge in [-0.3, -0.25) is 4.79 Å². The Balaban J connectivity index is 2.11. The highest BCUT2D eigenvalue weighted by molar-refractivity contribution is 7.94. The molecule has 0 fully saturated rings. The Morgan fingerprint density at radius 3 is 2.25 bits per heavy atom. The molecule has 0 bridgehead atoms. The second-order valence-electron chi connectivity index (χ2n) is 6.81. The summed E-state index contributed by atoms with van der Waals surface area (Å²) in [4.78, 5) is 15.0. The van der Waals surface area contributed by atoms with E-state index in [0.29, 0.717) is 22.7 Å². The summed E-state index contributed by atoms with van der Waals surface area (Å²) in [5, 5.41) is 1.17. The number of carbonyl (C=O) groups is 1. The van der Waals surface area contributed by atoms with Crippen molar-refractivity contribution in [3.05, 3.63) is 64.6 Å². The number of carbonyl (C=O) groups excluding carboxylic acids is 1. The lowest BCUT2D eigenvalue weighted by Crippen LogP contribution is -2.41. The molecule has 0 saturated carbocycles. The predicted octanol–water partition coefficient (Wildman–Crippen LogP) is 3.28. The Kier molecular flexibility index (Phi) is 5.47. The molecule has 3 rings (SSSR count). The SMILES string of the molecule is COc1ccc(C(=O)N(c2cc(C)cc(C)c2)[C@H]2C=CS(=O)(=O)C2)c(OC)c1. The average Bonchev–Trinajstić information content (AvgIpc) is 2.99. The van der Waals surface area contributed by atoms with E-state index in [9.17, 15) is 13.2 Å². The average molecular weight is 401 g/mol. The molecule has 1 heterocycles. The summed E-state index contributed by atoms with van der Waals surface area (Å²) < 4.78 is 34.6. The number of benzene rings is 2. The van der Waals surface area contributed by atoms with Gasteiger partial charge in [-0.25, -0.2) is 8.42 Å². The van der Waals surface area contributed by atoms with Crippen LogP contribution in [0.25, 0.3) is 0 Å². The van der Waals surface area contributed by atoms with Crippen LogP contribution in [0.15, 0.2) is 47.9 Å². The Morgan fingerprint density at radius 2 is 1.71 bits per heavy atom. The van der Waals surface area contributed by atoms with Gasteiger partial charge in [0.15, 0.2) is 9.84 Å². The molecule has 1 atom stereocenters. The normalized spacial score (nSPS) is 17.4. The Hall–Kier alpha value is -2.80. The molecule has 1 amide bonds. The fraction of sp³-hybridized carbons (Fsp3) is 0.286. The van der Waals surface area contributed by atoms with Gasteiger partial charge in [-0.2, -0.15) is 0 Å². The number of nitrogens with zero attached hydrogens (tertiary/aromatic N) is 1. The van der Waals surface area contributed by atoms with Crippen LogP contribution in [-0.4, -0.2) is 40.3 Å². The largest absolute Gasteiger partial charge is 0.497 e. The van der Waals surface area contributed by atoms with Crippen molar-refractivity contribution in [2.45, 2.75) is 19.9 Å². The van der Waals surface area contributed by atoms with E-state index in [-0.39, 0.29) is 11.7 Å². The van der Waals surface area contributed by atoms with E-state index >= 15 is 0 Å². The van der Waals surface area contributed by atoms with Gasteiger partial charge in [0, 0.05) is 17.2 Å². The number of hydrogen-bond donors (Lipinski definition) is 0.